The average molecular weight is 336 g/mol. The molecule has 0 atom stereocenters. The maximum atomic E-state index is 11.8. The Kier molecular flexibility index (Phi) is 5.15. The lowest BCUT2D eigenvalue weighted by molar-refractivity contribution is -0.139. The van der Waals surface area contributed by atoms with Gasteiger partial charge in [-0.15, -0.1) is 0 Å². The molecule has 0 fully saturated rings. The highest BCUT2D eigenvalue weighted by Crippen LogP contribution is 2.24. The molecular weight excluding hydrogens is 322 g/mol. The van der Waals surface area contributed by atoms with Crippen molar-refractivity contribution in [3.05, 3.63) is 28.2 Å². The molecule has 0 bridgehead atoms. The number of anilines is 1. The SMILES string of the molecule is CCOC(=O)CS(=O)(=O)Cc1c(N)cccc1Br. The lowest BCUT2D eigenvalue weighted by Gasteiger charge is -2.08. The Labute approximate surface area is 114 Å². The van der Waals surface area contributed by atoms with Gasteiger partial charge < -0.3 is 10.5 Å². The molecule has 7 heteroatoms. The van der Waals surface area contributed by atoms with Crippen LogP contribution in [0.4, 0.5) is 5.69 Å². The summed E-state index contributed by atoms with van der Waals surface area (Å²) in [5.41, 5.74) is 6.54. The smallest absolute Gasteiger partial charge is 0.321 e. The summed E-state index contributed by atoms with van der Waals surface area (Å²) in [6.07, 6.45) is 0. The van der Waals surface area contributed by atoms with Crippen LogP contribution in [-0.4, -0.2) is 26.7 Å². The number of rotatable bonds is 5. The van der Waals surface area contributed by atoms with E-state index >= 15 is 0 Å². The second-order valence-corrected chi connectivity index (χ2v) is 6.56. The van der Waals surface area contributed by atoms with E-state index < -0.39 is 21.6 Å². The average Bonchev–Trinajstić information content (AvgIpc) is 2.23. The summed E-state index contributed by atoms with van der Waals surface area (Å²) in [4.78, 5) is 11.2. The summed E-state index contributed by atoms with van der Waals surface area (Å²) < 4.78 is 28.8. The highest BCUT2D eigenvalue weighted by Gasteiger charge is 2.20. The van der Waals surface area contributed by atoms with Crippen LogP contribution >= 0.6 is 15.9 Å². The van der Waals surface area contributed by atoms with E-state index in [-0.39, 0.29) is 12.4 Å². The lowest BCUT2D eigenvalue weighted by Crippen LogP contribution is -2.20. The fourth-order valence-electron chi connectivity index (χ4n) is 1.38. The summed E-state index contributed by atoms with van der Waals surface area (Å²) in [5.74, 6) is -1.68. The summed E-state index contributed by atoms with van der Waals surface area (Å²) in [6, 6.07) is 5.02. The molecule has 100 valence electrons. The van der Waals surface area contributed by atoms with Crippen LogP contribution in [0.2, 0.25) is 0 Å². The van der Waals surface area contributed by atoms with Crippen LogP contribution < -0.4 is 5.73 Å². The maximum Gasteiger partial charge on any atom is 0.321 e. The predicted molar refractivity (Wildman–Crippen MR) is 72.7 cm³/mol. The van der Waals surface area contributed by atoms with Gasteiger partial charge in [-0.25, -0.2) is 8.42 Å². The fraction of sp³-hybridized carbons (Fsp3) is 0.364. The highest BCUT2D eigenvalue weighted by molar-refractivity contribution is 9.10. The molecule has 0 aromatic heterocycles. The van der Waals surface area contributed by atoms with Gasteiger partial charge in [-0.05, 0) is 19.1 Å². The first-order chi connectivity index (χ1) is 8.35. The van der Waals surface area contributed by atoms with Crippen molar-refractivity contribution in [2.45, 2.75) is 12.7 Å². The molecule has 1 rings (SSSR count). The summed E-state index contributed by atoms with van der Waals surface area (Å²) in [7, 11) is -3.59. The molecule has 0 unspecified atom stereocenters. The number of esters is 1. The molecule has 0 aliphatic carbocycles. The molecule has 2 N–H and O–H groups in total. The van der Waals surface area contributed by atoms with Gasteiger partial charge in [-0.3, -0.25) is 4.79 Å². The number of sulfone groups is 1. The number of ether oxygens (including phenoxy) is 1. The van der Waals surface area contributed by atoms with Crippen molar-refractivity contribution in [3.63, 3.8) is 0 Å². The van der Waals surface area contributed by atoms with Crippen LogP contribution in [0.15, 0.2) is 22.7 Å². The number of nitrogen functional groups attached to an aromatic ring is 1. The Hall–Kier alpha value is -1.08. The quantitative estimate of drug-likeness (QED) is 0.651. The number of nitrogens with two attached hydrogens (primary N) is 1. The molecule has 0 aliphatic rings. The Balaban J connectivity index is 2.86. The van der Waals surface area contributed by atoms with Crippen molar-refractivity contribution in [1.82, 2.24) is 0 Å². The van der Waals surface area contributed by atoms with Gasteiger partial charge in [-0.1, -0.05) is 22.0 Å². The van der Waals surface area contributed by atoms with Crippen molar-refractivity contribution in [2.24, 2.45) is 0 Å². The Bertz CT molecular complexity index is 522. The van der Waals surface area contributed by atoms with E-state index in [0.29, 0.717) is 15.7 Å². The van der Waals surface area contributed by atoms with Gasteiger partial charge in [0.05, 0.1) is 12.4 Å². The van der Waals surface area contributed by atoms with Crippen LogP contribution in [0.25, 0.3) is 0 Å². The van der Waals surface area contributed by atoms with Crippen LogP contribution in [0.5, 0.6) is 0 Å². The fourth-order valence-corrected chi connectivity index (χ4v) is 3.39. The summed E-state index contributed by atoms with van der Waals surface area (Å²) in [6.45, 7) is 1.78. The minimum absolute atomic E-state index is 0.158. The molecule has 0 radical (unpaired) electrons. The molecule has 0 heterocycles. The van der Waals surface area contributed by atoms with Crippen LogP contribution in [0.3, 0.4) is 0 Å². The first-order valence-corrected chi connectivity index (χ1v) is 7.86. The minimum atomic E-state index is -3.59. The Morgan fingerprint density at radius 3 is 2.67 bits per heavy atom. The van der Waals surface area contributed by atoms with E-state index in [1.807, 2.05) is 0 Å². The summed E-state index contributed by atoms with van der Waals surface area (Å²) in [5, 5.41) is 0. The monoisotopic (exact) mass is 335 g/mol. The number of halogens is 1. The summed E-state index contributed by atoms with van der Waals surface area (Å²) >= 11 is 3.24. The van der Waals surface area contributed by atoms with E-state index in [1.54, 1.807) is 25.1 Å². The van der Waals surface area contributed by atoms with Gasteiger partial charge in [0.1, 0.15) is 5.75 Å². The standard InChI is InChI=1S/C11H14BrNO4S/c1-2-17-11(14)7-18(15,16)6-8-9(12)4-3-5-10(8)13/h3-5H,2,6-7,13H2,1H3. The molecular formula is C11H14BrNO4S. The van der Waals surface area contributed by atoms with Crippen molar-refractivity contribution in [3.8, 4) is 0 Å². The van der Waals surface area contributed by atoms with E-state index in [4.69, 9.17) is 5.73 Å². The third-order valence-corrected chi connectivity index (χ3v) is 4.31. The number of carbonyl (C=O) groups excluding carboxylic acids is 1. The van der Waals surface area contributed by atoms with Gasteiger partial charge in [0.25, 0.3) is 0 Å². The number of hydrogen-bond donors (Lipinski definition) is 1. The zero-order chi connectivity index (χ0) is 13.8. The maximum absolute atomic E-state index is 11.8. The third kappa shape index (κ3) is 4.30. The Morgan fingerprint density at radius 1 is 1.44 bits per heavy atom. The normalized spacial score (nSPS) is 11.2. The third-order valence-electron chi connectivity index (χ3n) is 2.16. The Morgan fingerprint density at radius 2 is 2.11 bits per heavy atom. The second kappa shape index (κ2) is 6.19. The van der Waals surface area contributed by atoms with Gasteiger partial charge >= 0.3 is 5.97 Å². The van der Waals surface area contributed by atoms with Gasteiger partial charge in [0, 0.05) is 15.7 Å². The molecule has 0 spiro atoms. The molecule has 0 amide bonds. The van der Waals surface area contributed by atoms with Crippen LogP contribution in [0, 0.1) is 0 Å². The zero-order valence-corrected chi connectivity index (χ0v) is 12.3. The van der Waals surface area contributed by atoms with Crippen molar-refractivity contribution >= 4 is 37.4 Å². The minimum Gasteiger partial charge on any atom is -0.465 e. The lowest BCUT2D eigenvalue weighted by atomic mass is 10.2. The molecule has 0 saturated carbocycles. The first-order valence-electron chi connectivity index (χ1n) is 5.24. The molecule has 0 saturated heterocycles. The molecule has 1 aromatic carbocycles. The molecule has 5 nitrogen and oxygen atoms in total. The second-order valence-electron chi connectivity index (χ2n) is 3.64. The van der Waals surface area contributed by atoms with Gasteiger partial charge in [0.15, 0.2) is 9.84 Å². The van der Waals surface area contributed by atoms with E-state index in [1.165, 1.54) is 0 Å². The number of benzene rings is 1. The zero-order valence-electron chi connectivity index (χ0n) is 9.85. The van der Waals surface area contributed by atoms with Crippen molar-refractivity contribution in [1.29, 1.82) is 0 Å². The van der Waals surface area contributed by atoms with Crippen LogP contribution in [0.1, 0.15) is 12.5 Å². The molecule has 0 aliphatic heterocycles. The largest absolute Gasteiger partial charge is 0.465 e. The number of carbonyl (C=O) groups is 1. The molecule has 18 heavy (non-hydrogen) atoms. The number of hydrogen-bond acceptors (Lipinski definition) is 5. The molecule has 1 aromatic rings. The highest BCUT2D eigenvalue weighted by atomic mass is 79.9. The topological polar surface area (TPSA) is 86.5 Å². The van der Waals surface area contributed by atoms with E-state index in [9.17, 15) is 13.2 Å². The van der Waals surface area contributed by atoms with E-state index in [2.05, 4.69) is 20.7 Å². The van der Waals surface area contributed by atoms with Crippen molar-refractivity contribution < 1.29 is 17.9 Å². The van der Waals surface area contributed by atoms with Crippen molar-refractivity contribution in [2.75, 3.05) is 18.1 Å². The van der Waals surface area contributed by atoms with Gasteiger partial charge in [-0.2, -0.15) is 0 Å². The van der Waals surface area contributed by atoms with Crippen LogP contribution in [-0.2, 0) is 25.1 Å². The van der Waals surface area contributed by atoms with Gasteiger partial charge in [0.2, 0.25) is 0 Å². The van der Waals surface area contributed by atoms with E-state index in [0.717, 1.165) is 0 Å². The predicted octanol–water partition coefficient (Wildman–Crippen LogP) is 1.51. The first kappa shape index (κ1) is 15.0.